The largest absolute Gasteiger partial charge is 0.331 e. The number of fused-ring (bicyclic) bond motifs is 1. The second-order valence-corrected chi connectivity index (χ2v) is 3.97. The smallest absolute Gasteiger partial charge is 0.109 e. The SMILES string of the molecule is Cc1ccc2c(c1)nc(CCCN)n2C. The summed E-state index contributed by atoms with van der Waals surface area (Å²) >= 11 is 0. The molecule has 80 valence electrons. The van der Waals surface area contributed by atoms with Crippen LogP contribution in [0, 0.1) is 6.92 Å². The number of hydrogen-bond donors (Lipinski definition) is 1. The highest BCUT2D eigenvalue weighted by Crippen LogP contribution is 2.17. The molecular weight excluding hydrogens is 186 g/mol. The Morgan fingerprint density at radius 1 is 1.40 bits per heavy atom. The fourth-order valence-electron chi connectivity index (χ4n) is 1.84. The zero-order valence-corrected chi connectivity index (χ0v) is 9.33. The van der Waals surface area contributed by atoms with Crippen LogP contribution in [0.25, 0.3) is 11.0 Å². The molecule has 0 atom stereocenters. The maximum atomic E-state index is 5.51. The number of aryl methyl sites for hydroxylation is 3. The van der Waals surface area contributed by atoms with Crippen molar-refractivity contribution in [3.8, 4) is 0 Å². The van der Waals surface area contributed by atoms with E-state index >= 15 is 0 Å². The van der Waals surface area contributed by atoms with Crippen molar-refractivity contribution in [2.24, 2.45) is 12.8 Å². The van der Waals surface area contributed by atoms with Crippen molar-refractivity contribution in [1.29, 1.82) is 0 Å². The standard InChI is InChI=1S/C12H17N3/c1-9-5-6-11-10(8-9)14-12(15(11)2)4-3-7-13/h5-6,8H,3-4,7,13H2,1-2H3. The van der Waals surface area contributed by atoms with E-state index in [4.69, 9.17) is 5.73 Å². The van der Waals surface area contributed by atoms with Gasteiger partial charge in [-0.15, -0.1) is 0 Å². The minimum atomic E-state index is 0.724. The predicted octanol–water partition coefficient (Wildman–Crippen LogP) is 1.77. The van der Waals surface area contributed by atoms with Gasteiger partial charge < -0.3 is 10.3 Å². The van der Waals surface area contributed by atoms with Gasteiger partial charge >= 0.3 is 0 Å². The third kappa shape index (κ3) is 1.88. The van der Waals surface area contributed by atoms with Crippen LogP contribution in [0.2, 0.25) is 0 Å². The van der Waals surface area contributed by atoms with Gasteiger partial charge in [0.1, 0.15) is 5.82 Å². The fraction of sp³-hybridized carbons (Fsp3) is 0.417. The van der Waals surface area contributed by atoms with Gasteiger partial charge in [-0.25, -0.2) is 4.98 Å². The first kappa shape index (κ1) is 10.2. The van der Waals surface area contributed by atoms with E-state index in [2.05, 4.69) is 41.7 Å². The van der Waals surface area contributed by atoms with Crippen molar-refractivity contribution in [3.05, 3.63) is 29.6 Å². The lowest BCUT2D eigenvalue weighted by atomic mass is 10.2. The normalized spacial score (nSPS) is 11.1. The van der Waals surface area contributed by atoms with E-state index in [9.17, 15) is 0 Å². The average molecular weight is 203 g/mol. The Hall–Kier alpha value is -1.35. The Bertz CT molecular complexity index is 471. The number of aromatic nitrogens is 2. The Kier molecular flexibility index (Phi) is 2.73. The summed E-state index contributed by atoms with van der Waals surface area (Å²) in [5, 5.41) is 0. The van der Waals surface area contributed by atoms with Crippen LogP contribution in [0.15, 0.2) is 18.2 Å². The van der Waals surface area contributed by atoms with Crippen LogP contribution in [-0.2, 0) is 13.5 Å². The lowest BCUT2D eigenvalue weighted by Crippen LogP contribution is -2.04. The fourth-order valence-corrected chi connectivity index (χ4v) is 1.84. The van der Waals surface area contributed by atoms with E-state index in [-0.39, 0.29) is 0 Å². The van der Waals surface area contributed by atoms with Gasteiger partial charge in [-0.3, -0.25) is 0 Å². The number of hydrogen-bond acceptors (Lipinski definition) is 2. The van der Waals surface area contributed by atoms with E-state index in [0.717, 1.165) is 30.7 Å². The van der Waals surface area contributed by atoms with Crippen LogP contribution in [0.1, 0.15) is 17.8 Å². The zero-order chi connectivity index (χ0) is 10.8. The molecule has 2 aromatic rings. The molecule has 0 saturated carbocycles. The molecule has 15 heavy (non-hydrogen) atoms. The Morgan fingerprint density at radius 3 is 2.93 bits per heavy atom. The molecule has 1 heterocycles. The summed E-state index contributed by atoms with van der Waals surface area (Å²) in [6.07, 6.45) is 1.96. The highest BCUT2D eigenvalue weighted by atomic mass is 15.1. The molecule has 0 aliphatic carbocycles. The molecule has 0 unspecified atom stereocenters. The first-order valence-corrected chi connectivity index (χ1v) is 5.34. The monoisotopic (exact) mass is 203 g/mol. The van der Waals surface area contributed by atoms with E-state index in [0.29, 0.717) is 0 Å². The van der Waals surface area contributed by atoms with Gasteiger partial charge in [0.2, 0.25) is 0 Å². The molecule has 2 rings (SSSR count). The lowest BCUT2D eigenvalue weighted by molar-refractivity contribution is 0.741. The van der Waals surface area contributed by atoms with Crippen molar-refractivity contribution < 1.29 is 0 Å². The topological polar surface area (TPSA) is 43.8 Å². The number of rotatable bonds is 3. The molecule has 1 aromatic carbocycles. The molecule has 0 radical (unpaired) electrons. The summed E-state index contributed by atoms with van der Waals surface area (Å²) in [6, 6.07) is 6.38. The Balaban J connectivity index is 2.44. The quantitative estimate of drug-likeness (QED) is 0.826. The molecule has 0 saturated heterocycles. The second kappa shape index (κ2) is 4.03. The summed E-state index contributed by atoms with van der Waals surface area (Å²) in [6.45, 7) is 2.82. The molecular formula is C12H17N3. The maximum Gasteiger partial charge on any atom is 0.109 e. The van der Waals surface area contributed by atoms with Crippen LogP contribution >= 0.6 is 0 Å². The first-order valence-electron chi connectivity index (χ1n) is 5.34. The molecule has 0 aliphatic rings. The Morgan fingerprint density at radius 2 is 2.20 bits per heavy atom. The summed E-state index contributed by atoms with van der Waals surface area (Å²) in [5.74, 6) is 1.13. The number of imidazole rings is 1. The second-order valence-electron chi connectivity index (χ2n) is 3.97. The van der Waals surface area contributed by atoms with Gasteiger partial charge in [0.25, 0.3) is 0 Å². The molecule has 0 bridgehead atoms. The first-order chi connectivity index (χ1) is 7.22. The highest BCUT2D eigenvalue weighted by Gasteiger charge is 2.06. The van der Waals surface area contributed by atoms with E-state index in [1.54, 1.807) is 0 Å². The summed E-state index contributed by atoms with van der Waals surface area (Å²) in [7, 11) is 2.07. The average Bonchev–Trinajstić information content (AvgIpc) is 2.52. The van der Waals surface area contributed by atoms with Gasteiger partial charge in [-0.05, 0) is 37.6 Å². The lowest BCUT2D eigenvalue weighted by Gasteiger charge is -2.00. The van der Waals surface area contributed by atoms with Crippen LogP contribution in [-0.4, -0.2) is 16.1 Å². The van der Waals surface area contributed by atoms with E-state index in [1.807, 2.05) is 0 Å². The minimum absolute atomic E-state index is 0.724. The third-order valence-electron chi connectivity index (χ3n) is 2.73. The highest BCUT2D eigenvalue weighted by molar-refractivity contribution is 5.76. The third-order valence-corrected chi connectivity index (χ3v) is 2.73. The van der Waals surface area contributed by atoms with Gasteiger partial charge in [-0.1, -0.05) is 6.07 Å². The molecule has 0 spiro atoms. The molecule has 2 N–H and O–H groups in total. The molecule has 0 aliphatic heterocycles. The minimum Gasteiger partial charge on any atom is -0.331 e. The molecule has 3 nitrogen and oxygen atoms in total. The number of nitrogens with zero attached hydrogens (tertiary/aromatic N) is 2. The number of nitrogens with two attached hydrogens (primary N) is 1. The van der Waals surface area contributed by atoms with Gasteiger partial charge in [-0.2, -0.15) is 0 Å². The van der Waals surface area contributed by atoms with Gasteiger partial charge in [0.05, 0.1) is 11.0 Å². The maximum absolute atomic E-state index is 5.51. The Labute approximate surface area is 89.9 Å². The van der Waals surface area contributed by atoms with Gasteiger partial charge in [0.15, 0.2) is 0 Å². The summed E-state index contributed by atoms with van der Waals surface area (Å²) < 4.78 is 2.16. The summed E-state index contributed by atoms with van der Waals surface area (Å²) in [4.78, 5) is 4.62. The zero-order valence-electron chi connectivity index (χ0n) is 9.33. The van der Waals surface area contributed by atoms with Crippen molar-refractivity contribution >= 4 is 11.0 Å². The molecule has 3 heteroatoms. The van der Waals surface area contributed by atoms with Crippen molar-refractivity contribution in [1.82, 2.24) is 9.55 Å². The van der Waals surface area contributed by atoms with Crippen LogP contribution in [0.5, 0.6) is 0 Å². The van der Waals surface area contributed by atoms with Gasteiger partial charge in [0, 0.05) is 13.5 Å². The van der Waals surface area contributed by atoms with Crippen LogP contribution in [0.4, 0.5) is 0 Å². The number of benzene rings is 1. The summed E-state index contributed by atoms with van der Waals surface area (Å²) in [5.41, 5.74) is 9.05. The van der Waals surface area contributed by atoms with Crippen molar-refractivity contribution in [3.63, 3.8) is 0 Å². The van der Waals surface area contributed by atoms with Crippen molar-refractivity contribution in [2.45, 2.75) is 19.8 Å². The molecule has 0 fully saturated rings. The molecule has 0 amide bonds. The van der Waals surface area contributed by atoms with E-state index < -0.39 is 0 Å². The van der Waals surface area contributed by atoms with Crippen LogP contribution < -0.4 is 5.73 Å². The van der Waals surface area contributed by atoms with Crippen LogP contribution in [0.3, 0.4) is 0 Å². The van der Waals surface area contributed by atoms with E-state index in [1.165, 1.54) is 11.1 Å². The predicted molar refractivity (Wildman–Crippen MR) is 62.8 cm³/mol. The van der Waals surface area contributed by atoms with Crippen molar-refractivity contribution in [2.75, 3.05) is 6.54 Å². The molecule has 1 aromatic heterocycles.